The van der Waals surface area contributed by atoms with Gasteiger partial charge in [-0.15, -0.1) is 0 Å². The molecule has 1 aromatic carbocycles. The number of carbonyl (C=O) groups is 1. The zero-order chi connectivity index (χ0) is 19.2. The molecule has 1 aliphatic rings. The zero-order valence-electron chi connectivity index (χ0n) is 16.0. The second-order valence-electron chi connectivity index (χ2n) is 7.01. The van der Waals surface area contributed by atoms with Crippen LogP contribution in [0, 0.1) is 0 Å². The molecule has 1 N–H and O–H groups in total. The lowest BCUT2D eigenvalue weighted by molar-refractivity contribution is -0.122. The van der Waals surface area contributed by atoms with Crippen molar-refractivity contribution in [2.75, 3.05) is 14.2 Å². The van der Waals surface area contributed by atoms with Crippen LogP contribution in [-0.4, -0.2) is 35.7 Å². The van der Waals surface area contributed by atoms with Gasteiger partial charge in [0.15, 0.2) is 11.5 Å². The van der Waals surface area contributed by atoms with E-state index in [1.807, 2.05) is 0 Å². The van der Waals surface area contributed by atoms with E-state index in [4.69, 9.17) is 9.47 Å². The topological polar surface area (TPSA) is 82.5 Å². The van der Waals surface area contributed by atoms with E-state index in [0.717, 1.165) is 25.7 Å². The van der Waals surface area contributed by atoms with Crippen molar-refractivity contribution in [3.05, 3.63) is 28.8 Å². The Bertz CT molecular complexity index is 854. The van der Waals surface area contributed by atoms with Crippen LogP contribution in [0.2, 0.25) is 0 Å². The lowest BCUT2D eigenvalue weighted by atomic mass is 9.97. The van der Waals surface area contributed by atoms with E-state index in [-0.39, 0.29) is 24.1 Å². The molecule has 1 aliphatic carbocycles. The van der Waals surface area contributed by atoms with E-state index in [1.54, 1.807) is 12.1 Å². The van der Waals surface area contributed by atoms with E-state index < -0.39 is 0 Å². The van der Waals surface area contributed by atoms with Crippen molar-refractivity contribution in [2.45, 2.75) is 57.5 Å². The van der Waals surface area contributed by atoms with Gasteiger partial charge in [-0.25, -0.2) is 4.98 Å². The van der Waals surface area contributed by atoms with Crippen molar-refractivity contribution >= 4 is 16.8 Å². The summed E-state index contributed by atoms with van der Waals surface area (Å²) < 4.78 is 11.8. The predicted octanol–water partition coefficient (Wildman–Crippen LogP) is 2.64. The number of methoxy groups -OCH3 is 2. The largest absolute Gasteiger partial charge is 0.493 e. The number of fused-ring (bicyclic) bond motifs is 1. The first-order valence-electron chi connectivity index (χ1n) is 9.53. The third-order valence-corrected chi connectivity index (χ3v) is 5.11. The molecule has 0 unspecified atom stereocenters. The Kier molecular flexibility index (Phi) is 6.32. The maximum Gasteiger partial charge on any atom is 0.261 e. The summed E-state index contributed by atoms with van der Waals surface area (Å²) in [6.45, 7) is -0.0351. The van der Waals surface area contributed by atoms with Gasteiger partial charge in [-0.3, -0.25) is 14.2 Å². The number of nitrogens with zero attached hydrogens (tertiary/aromatic N) is 2. The van der Waals surface area contributed by atoms with Gasteiger partial charge in [-0.1, -0.05) is 32.1 Å². The normalized spacial score (nSPS) is 15.8. The van der Waals surface area contributed by atoms with E-state index in [2.05, 4.69) is 10.3 Å². The van der Waals surface area contributed by atoms with Crippen LogP contribution >= 0.6 is 0 Å². The lowest BCUT2D eigenvalue weighted by Crippen LogP contribution is -2.39. The number of hydrogen-bond acceptors (Lipinski definition) is 5. The third-order valence-electron chi connectivity index (χ3n) is 5.11. The zero-order valence-corrected chi connectivity index (χ0v) is 16.0. The highest BCUT2D eigenvalue weighted by molar-refractivity contribution is 5.82. The maximum absolute atomic E-state index is 12.8. The first-order valence-corrected chi connectivity index (χ1v) is 9.53. The van der Waals surface area contributed by atoms with Crippen LogP contribution in [0.15, 0.2) is 23.3 Å². The molecule has 0 aliphatic heterocycles. The predicted molar refractivity (Wildman–Crippen MR) is 103 cm³/mol. The molecule has 0 bridgehead atoms. The van der Waals surface area contributed by atoms with E-state index in [0.29, 0.717) is 22.4 Å². The summed E-state index contributed by atoms with van der Waals surface area (Å²) in [7, 11) is 3.05. The van der Waals surface area contributed by atoms with Crippen molar-refractivity contribution in [3.8, 4) is 11.5 Å². The van der Waals surface area contributed by atoms with Crippen LogP contribution in [0.1, 0.15) is 44.9 Å². The number of amides is 1. The number of hydrogen-bond donors (Lipinski definition) is 1. The molecule has 2 aromatic rings. The smallest absolute Gasteiger partial charge is 0.261 e. The van der Waals surface area contributed by atoms with Crippen molar-refractivity contribution in [1.82, 2.24) is 14.9 Å². The number of benzene rings is 1. The second-order valence-corrected chi connectivity index (χ2v) is 7.01. The average molecular weight is 373 g/mol. The highest BCUT2D eigenvalue weighted by Crippen LogP contribution is 2.29. The van der Waals surface area contributed by atoms with Gasteiger partial charge in [0, 0.05) is 12.1 Å². The van der Waals surface area contributed by atoms with Gasteiger partial charge in [-0.05, 0) is 18.9 Å². The fourth-order valence-electron chi connectivity index (χ4n) is 3.63. The summed E-state index contributed by atoms with van der Waals surface area (Å²) in [6, 6.07) is 3.47. The molecular formula is C20H27N3O4. The Morgan fingerprint density at radius 3 is 2.41 bits per heavy atom. The molecule has 1 heterocycles. The fourth-order valence-corrected chi connectivity index (χ4v) is 3.63. The Morgan fingerprint density at radius 2 is 1.74 bits per heavy atom. The standard InChI is InChI=1S/C20H27N3O4/c1-26-17-10-15-16(11-18(17)27-2)21-13-23(20(15)25)12-19(24)22-14-8-6-4-3-5-7-9-14/h10-11,13-14H,3-9,12H2,1-2H3,(H,22,24). The molecule has 7 nitrogen and oxygen atoms in total. The molecule has 7 heteroatoms. The van der Waals surface area contributed by atoms with Gasteiger partial charge in [0.1, 0.15) is 6.54 Å². The van der Waals surface area contributed by atoms with Crippen LogP contribution in [0.4, 0.5) is 0 Å². The molecule has 0 spiro atoms. The Hall–Kier alpha value is -2.57. The number of aromatic nitrogens is 2. The molecule has 0 radical (unpaired) electrons. The first kappa shape index (κ1) is 19.2. The minimum Gasteiger partial charge on any atom is -0.493 e. The number of ether oxygens (including phenoxy) is 2. The SMILES string of the molecule is COc1cc2ncn(CC(=O)NC3CCCCCCC3)c(=O)c2cc1OC. The quantitative estimate of drug-likeness (QED) is 0.871. The lowest BCUT2D eigenvalue weighted by Gasteiger charge is -2.21. The highest BCUT2D eigenvalue weighted by atomic mass is 16.5. The summed E-state index contributed by atoms with van der Waals surface area (Å²) in [5.74, 6) is 0.821. The Balaban J connectivity index is 1.77. The van der Waals surface area contributed by atoms with E-state index in [1.165, 1.54) is 44.4 Å². The number of carbonyl (C=O) groups excluding carboxylic acids is 1. The molecule has 0 atom stereocenters. The van der Waals surface area contributed by atoms with Crippen LogP contribution < -0.4 is 20.3 Å². The first-order chi connectivity index (χ1) is 13.1. The van der Waals surface area contributed by atoms with Crippen molar-refractivity contribution in [3.63, 3.8) is 0 Å². The summed E-state index contributed by atoms with van der Waals surface area (Å²) in [5, 5.41) is 3.48. The average Bonchev–Trinajstić information content (AvgIpc) is 2.65. The fraction of sp³-hybridized carbons (Fsp3) is 0.550. The highest BCUT2D eigenvalue weighted by Gasteiger charge is 2.16. The summed E-state index contributed by atoms with van der Waals surface area (Å²) >= 11 is 0. The minimum atomic E-state index is -0.270. The molecule has 3 rings (SSSR count). The summed E-state index contributed by atoms with van der Waals surface area (Å²) in [4.78, 5) is 29.5. The molecular weight excluding hydrogens is 346 g/mol. The van der Waals surface area contributed by atoms with Crippen LogP contribution in [-0.2, 0) is 11.3 Å². The van der Waals surface area contributed by atoms with E-state index >= 15 is 0 Å². The van der Waals surface area contributed by atoms with Gasteiger partial charge in [0.25, 0.3) is 5.56 Å². The Labute approximate surface area is 158 Å². The Morgan fingerprint density at radius 1 is 1.11 bits per heavy atom. The minimum absolute atomic E-state index is 0.0351. The molecule has 1 fully saturated rings. The molecule has 1 amide bonds. The van der Waals surface area contributed by atoms with Crippen LogP contribution in [0.5, 0.6) is 11.5 Å². The van der Waals surface area contributed by atoms with E-state index in [9.17, 15) is 9.59 Å². The van der Waals surface area contributed by atoms with Crippen molar-refractivity contribution < 1.29 is 14.3 Å². The van der Waals surface area contributed by atoms with Crippen molar-refractivity contribution in [1.29, 1.82) is 0 Å². The second kappa shape index (κ2) is 8.88. The monoisotopic (exact) mass is 373 g/mol. The van der Waals surface area contributed by atoms with Gasteiger partial charge < -0.3 is 14.8 Å². The third kappa shape index (κ3) is 4.59. The molecule has 146 valence electrons. The maximum atomic E-state index is 12.8. The molecule has 0 saturated heterocycles. The summed E-state index contributed by atoms with van der Waals surface area (Å²) in [5.41, 5.74) is 0.239. The molecule has 1 saturated carbocycles. The van der Waals surface area contributed by atoms with Crippen LogP contribution in [0.25, 0.3) is 10.9 Å². The van der Waals surface area contributed by atoms with Crippen LogP contribution in [0.3, 0.4) is 0 Å². The van der Waals surface area contributed by atoms with Gasteiger partial charge >= 0.3 is 0 Å². The number of nitrogens with one attached hydrogen (secondary N) is 1. The van der Waals surface area contributed by atoms with Crippen molar-refractivity contribution in [2.24, 2.45) is 0 Å². The van der Waals surface area contributed by atoms with Gasteiger partial charge in [0.05, 0.1) is 31.4 Å². The molecule has 27 heavy (non-hydrogen) atoms. The van der Waals surface area contributed by atoms with Gasteiger partial charge in [0.2, 0.25) is 5.91 Å². The summed E-state index contributed by atoms with van der Waals surface area (Å²) in [6.07, 6.45) is 9.45. The molecule has 1 aromatic heterocycles. The van der Waals surface area contributed by atoms with Gasteiger partial charge in [-0.2, -0.15) is 0 Å². The number of rotatable bonds is 5.